The monoisotopic (exact) mass is 232 g/mol. The van der Waals surface area contributed by atoms with Crippen molar-refractivity contribution in [2.75, 3.05) is 5.32 Å². The molecule has 1 atom stereocenters. The van der Waals surface area contributed by atoms with Crippen LogP contribution in [0.3, 0.4) is 0 Å². The summed E-state index contributed by atoms with van der Waals surface area (Å²) in [5, 5.41) is 4.51. The number of carbonyl (C=O) groups excluding carboxylic acids is 1. The molecule has 1 amide bonds. The number of halogens is 1. The van der Waals surface area contributed by atoms with Gasteiger partial charge in [-0.1, -0.05) is 24.9 Å². The molecule has 78 valence electrons. The van der Waals surface area contributed by atoms with Crippen molar-refractivity contribution in [2.24, 2.45) is 5.73 Å². The van der Waals surface area contributed by atoms with Gasteiger partial charge in [-0.05, 0) is 17.9 Å². The first-order valence-electron chi connectivity index (χ1n) is 4.44. The summed E-state index contributed by atoms with van der Waals surface area (Å²) < 4.78 is 0.585. The molecule has 0 unspecified atom stereocenters. The summed E-state index contributed by atoms with van der Waals surface area (Å²) in [6.07, 6.45) is 1.58. The van der Waals surface area contributed by atoms with Gasteiger partial charge < -0.3 is 11.1 Å². The van der Waals surface area contributed by atoms with Crippen LogP contribution in [0, 0.1) is 0 Å². The lowest BCUT2D eigenvalue weighted by Crippen LogP contribution is -2.35. The molecule has 0 radical (unpaired) electrons. The van der Waals surface area contributed by atoms with Crippen molar-refractivity contribution in [3.63, 3.8) is 0 Å². The van der Waals surface area contributed by atoms with E-state index in [1.807, 2.05) is 12.3 Å². The molecule has 1 rings (SSSR count). The molecule has 1 aromatic heterocycles. The van der Waals surface area contributed by atoms with Crippen LogP contribution in [0.25, 0.3) is 0 Å². The molecule has 0 fully saturated rings. The van der Waals surface area contributed by atoms with E-state index in [0.717, 1.165) is 6.42 Å². The number of amides is 1. The van der Waals surface area contributed by atoms with Crippen LogP contribution in [0.4, 0.5) is 5.69 Å². The lowest BCUT2D eigenvalue weighted by Gasteiger charge is -2.09. The van der Waals surface area contributed by atoms with E-state index < -0.39 is 6.04 Å². The fourth-order valence-electron chi connectivity index (χ4n) is 1.05. The highest BCUT2D eigenvalue weighted by atomic mass is 35.5. The molecule has 0 aliphatic heterocycles. The van der Waals surface area contributed by atoms with Gasteiger partial charge in [0.1, 0.15) is 4.34 Å². The first-order valence-corrected chi connectivity index (χ1v) is 5.70. The van der Waals surface area contributed by atoms with Crippen LogP contribution in [-0.4, -0.2) is 11.9 Å². The minimum absolute atomic E-state index is 0.174. The molecule has 5 heteroatoms. The van der Waals surface area contributed by atoms with Crippen LogP contribution >= 0.6 is 22.9 Å². The Balaban J connectivity index is 2.53. The van der Waals surface area contributed by atoms with Gasteiger partial charge >= 0.3 is 0 Å². The van der Waals surface area contributed by atoms with Crippen molar-refractivity contribution in [3.8, 4) is 0 Å². The molecular weight excluding hydrogens is 220 g/mol. The molecule has 3 nitrogen and oxygen atoms in total. The second-order valence-corrected chi connectivity index (χ2v) is 4.51. The fraction of sp³-hybridized carbons (Fsp3) is 0.444. The highest BCUT2D eigenvalue weighted by molar-refractivity contribution is 7.15. The minimum Gasteiger partial charge on any atom is -0.323 e. The summed E-state index contributed by atoms with van der Waals surface area (Å²) in [5.74, 6) is -0.174. The molecule has 0 aliphatic rings. The summed E-state index contributed by atoms with van der Waals surface area (Å²) in [6, 6.07) is 1.32. The number of nitrogens with one attached hydrogen (secondary N) is 1. The summed E-state index contributed by atoms with van der Waals surface area (Å²) >= 11 is 7.21. The van der Waals surface area contributed by atoms with E-state index in [0.29, 0.717) is 16.4 Å². The van der Waals surface area contributed by atoms with Crippen molar-refractivity contribution < 1.29 is 4.79 Å². The molecule has 0 aliphatic carbocycles. The second-order valence-electron chi connectivity index (χ2n) is 2.99. The zero-order valence-corrected chi connectivity index (χ0v) is 9.49. The van der Waals surface area contributed by atoms with Crippen LogP contribution in [0.5, 0.6) is 0 Å². The van der Waals surface area contributed by atoms with E-state index in [1.165, 1.54) is 11.3 Å². The minimum atomic E-state index is -0.448. The smallest absolute Gasteiger partial charge is 0.241 e. The number of anilines is 1. The molecular formula is C9H13ClN2OS. The molecule has 1 heterocycles. The Hall–Kier alpha value is -0.580. The maximum Gasteiger partial charge on any atom is 0.241 e. The first-order chi connectivity index (χ1) is 6.65. The first kappa shape index (κ1) is 11.5. The number of thiophene rings is 1. The highest BCUT2D eigenvalue weighted by Crippen LogP contribution is 2.27. The van der Waals surface area contributed by atoms with Gasteiger partial charge in [0, 0.05) is 0 Å². The van der Waals surface area contributed by atoms with Crippen molar-refractivity contribution in [3.05, 3.63) is 15.8 Å². The molecule has 0 saturated carbocycles. The molecule has 3 N–H and O–H groups in total. The fourth-order valence-corrected chi connectivity index (χ4v) is 1.88. The van der Waals surface area contributed by atoms with Gasteiger partial charge in [-0.3, -0.25) is 4.79 Å². The van der Waals surface area contributed by atoms with Crippen molar-refractivity contribution in [1.29, 1.82) is 0 Å². The Labute approximate surface area is 92.3 Å². The molecule has 14 heavy (non-hydrogen) atoms. The van der Waals surface area contributed by atoms with Crippen molar-refractivity contribution in [2.45, 2.75) is 25.8 Å². The predicted molar refractivity (Wildman–Crippen MR) is 60.8 cm³/mol. The van der Waals surface area contributed by atoms with Gasteiger partial charge in [0.25, 0.3) is 0 Å². The standard InChI is InChI=1S/C9H13ClN2OS/c1-2-3-6(11)9(13)12-7-4-5-14-8(7)10/h4-6H,2-3,11H2,1H3,(H,12,13)/t6-/m0/s1. The average Bonchev–Trinajstić information content (AvgIpc) is 2.52. The van der Waals surface area contributed by atoms with Crippen LogP contribution < -0.4 is 11.1 Å². The predicted octanol–water partition coefficient (Wildman–Crippen LogP) is 2.47. The van der Waals surface area contributed by atoms with E-state index in [2.05, 4.69) is 5.32 Å². The topological polar surface area (TPSA) is 55.1 Å². The summed E-state index contributed by atoms with van der Waals surface area (Å²) in [5.41, 5.74) is 6.29. The van der Waals surface area contributed by atoms with Gasteiger partial charge in [-0.15, -0.1) is 11.3 Å². The number of hydrogen-bond acceptors (Lipinski definition) is 3. The van der Waals surface area contributed by atoms with Crippen LogP contribution in [0.1, 0.15) is 19.8 Å². The van der Waals surface area contributed by atoms with Crippen molar-refractivity contribution >= 4 is 34.5 Å². The van der Waals surface area contributed by atoms with Gasteiger partial charge in [0.15, 0.2) is 0 Å². The molecule has 0 bridgehead atoms. The SMILES string of the molecule is CCC[C@H](N)C(=O)Nc1ccsc1Cl. The molecule has 0 saturated heterocycles. The Morgan fingerprint density at radius 2 is 2.50 bits per heavy atom. The number of rotatable bonds is 4. The lowest BCUT2D eigenvalue weighted by molar-refractivity contribution is -0.117. The molecule has 0 aromatic carbocycles. The zero-order chi connectivity index (χ0) is 10.6. The maximum absolute atomic E-state index is 11.5. The van der Waals surface area contributed by atoms with E-state index in [4.69, 9.17) is 17.3 Å². The van der Waals surface area contributed by atoms with E-state index in [1.54, 1.807) is 6.07 Å². The van der Waals surface area contributed by atoms with E-state index in [9.17, 15) is 4.79 Å². The molecule has 0 spiro atoms. The van der Waals surface area contributed by atoms with Gasteiger partial charge in [-0.2, -0.15) is 0 Å². The summed E-state index contributed by atoms with van der Waals surface area (Å²) in [7, 11) is 0. The van der Waals surface area contributed by atoms with Gasteiger partial charge in [-0.25, -0.2) is 0 Å². The number of nitrogens with two attached hydrogens (primary N) is 1. The largest absolute Gasteiger partial charge is 0.323 e. The Bertz CT molecular complexity index is 314. The van der Waals surface area contributed by atoms with Crippen LogP contribution in [0.15, 0.2) is 11.4 Å². The van der Waals surface area contributed by atoms with Gasteiger partial charge in [0.2, 0.25) is 5.91 Å². The third-order valence-electron chi connectivity index (χ3n) is 1.81. The Morgan fingerprint density at radius 3 is 3.00 bits per heavy atom. The Kier molecular flexibility index (Phi) is 4.38. The van der Waals surface area contributed by atoms with Crippen LogP contribution in [-0.2, 0) is 4.79 Å². The summed E-state index contributed by atoms with van der Waals surface area (Å²) in [4.78, 5) is 11.5. The Morgan fingerprint density at radius 1 is 1.79 bits per heavy atom. The normalized spacial score (nSPS) is 12.5. The third-order valence-corrected chi connectivity index (χ3v) is 2.98. The van der Waals surface area contributed by atoms with Gasteiger partial charge in [0.05, 0.1) is 11.7 Å². The highest BCUT2D eigenvalue weighted by Gasteiger charge is 2.13. The van der Waals surface area contributed by atoms with Crippen molar-refractivity contribution in [1.82, 2.24) is 0 Å². The van der Waals surface area contributed by atoms with E-state index in [-0.39, 0.29) is 5.91 Å². The lowest BCUT2D eigenvalue weighted by atomic mass is 10.2. The maximum atomic E-state index is 11.5. The zero-order valence-electron chi connectivity index (χ0n) is 7.92. The number of hydrogen-bond donors (Lipinski definition) is 2. The average molecular weight is 233 g/mol. The third kappa shape index (κ3) is 2.97. The number of carbonyl (C=O) groups is 1. The van der Waals surface area contributed by atoms with E-state index >= 15 is 0 Å². The quantitative estimate of drug-likeness (QED) is 0.838. The van der Waals surface area contributed by atoms with Crippen LogP contribution in [0.2, 0.25) is 4.34 Å². The second kappa shape index (κ2) is 5.34. The summed E-state index contributed by atoms with van der Waals surface area (Å²) in [6.45, 7) is 1.99. The molecule has 1 aromatic rings.